The molecule has 1 aliphatic heterocycles. The highest BCUT2D eigenvalue weighted by Crippen LogP contribution is 2.26. The van der Waals surface area contributed by atoms with Crippen molar-refractivity contribution in [1.29, 1.82) is 0 Å². The predicted octanol–water partition coefficient (Wildman–Crippen LogP) is 4.26. The van der Waals surface area contributed by atoms with Gasteiger partial charge in [0, 0.05) is 40.5 Å². The van der Waals surface area contributed by atoms with Gasteiger partial charge in [-0.3, -0.25) is 9.69 Å². The Hall–Kier alpha value is -1.77. The van der Waals surface area contributed by atoms with Crippen LogP contribution in [0.1, 0.15) is 16.6 Å². The fraction of sp³-hybridized carbons (Fsp3) is 0.333. The van der Waals surface area contributed by atoms with Crippen LogP contribution in [0.25, 0.3) is 10.6 Å². The van der Waals surface area contributed by atoms with E-state index in [1.165, 1.54) is 4.88 Å². The molecular formula is C21H22ClN3O2S2. The van der Waals surface area contributed by atoms with E-state index in [1.807, 2.05) is 29.6 Å². The van der Waals surface area contributed by atoms with E-state index in [2.05, 4.69) is 32.7 Å². The predicted molar refractivity (Wildman–Crippen MR) is 119 cm³/mol. The first kappa shape index (κ1) is 20.5. The molecule has 0 saturated carbocycles. The molecule has 3 aromatic rings. The number of hydrogen-bond acceptors (Lipinski definition) is 6. The van der Waals surface area contributed by atoms with Crippen LogP contribution < -0.4 is 5.32 Å². The Bertz CT molecular complexity index is 922. The SMILES string of the molecule is O=C(Cc1csc(-c2ccc(Cl)cc2)n1)NC[C@@H](c1cccs1)N1CCOCC1. The summed E-state index contributed by atoms with van der Waals surface area (Å²) in [4.78, 5) is 20.8. The number of ether oxygens (including phenoxy) is 1. The number of halogens is 1. The van der Waals surface area contributed by atoms with E-state index in [-0.39, 0.29) is 18.4 Å². The molecule has 29 heavy (non-hydrogen) atoms. The third-order valence-electron chi connectivity index (χ3n) is 4.84. The maximum absolute atomic E-state index is 12.6. The number of benzene rings is 1. The molecule has 4 rings (SSSR count). The van der Waals surface area contributed by atoms with Crippen molar-refractivity contribution in [3.8, 4) is 10.6 Å². The molecule has 1 atom stereocenters. The van der Waals surface area contributed by atoms with Crippen LogP contribution in [0, 0.1) is 0 Å². The standard InChI is InChI=1S/C21H22ClN3O2S2/c22-16-5-3-15(4-6-16)21-24-17(14-29-21)12-20(26)23-13-18(19-2-1-11-28-19)25-7-9-27-10-8-25/h1-6,11,14,18H,7-10,12-13H2,(H,23,26)/t18-/m0/s1. The molecule has 1 saturated heterocycles. The molecule has 0 spiro atoms. The fourth-order valence-electron chi connectivity index (χ4n) is 3.33. The minimum absolute atomic E-state index is 0.00669. The van der Waals surface area contributed by atoms with Gasteiger partial charge < -0.3 is 10.1 Å². The van der Waals surface area contributed by atoms with Crippen LogP contribution in [-0.4, -0.2) is 48.6 Å². The van der Waals surface area contributed by atoms with Gasteiger partial charge in [0.15, 0.2) is 0 Å². The van der Waals surface area contributed by atoms with E-state index in [0.717, 1.165) is 42.6 Å². The van der Waals surface area contributed by atoms with Gasteiger partial charge in [0.05, 0.1) is 31.4 Å². The van der Waals surface area contributed by atoms with E-state index in [9.17, 15) is 4.79 Å². The van der Waals surface area contributed by atoms with Gasteiger partial charge in [-0.05, 0) is 23.6 Å². The molecule has 0 bridgehead atoms. The van der Waals surface area contributed by atoms with E-state index >= 15 is 0 Å². The lowest BCUT2D eigenvalue weighted by molar-refractivity contribution is -0.120. The largest absolute Gasteiger partial charge is 0.379 e. The molecule has 152 valence electrons. The number of thiophene rings is 1. The third kappa shape index (κ3) is 5.43. The summed E-state index contributed by atoms with van der Waals surface area (Å²) in [5.41, 5.74) is 1.80. The molecule has 0 aliphatic carbocycles. The van der Waals surface area contributed by atoms with Gasteiger partial charge in [-0.15, -0.1) is 22.7 Å². The second kappa shape index (κ2) is 9.82. The summed E-state index contributed by atoms with van der Waals surface area (Å²) >= 11 is 9.22. The van der Waals surface area contributed by atoms with Gasteiger partial charge in [0.2, 0.25) is 5.91 Å². The minimum atomic E-state index is -0.00669. The van der Waals surface area contributed by atoms with Crippen molar-refractivity contribution < 1.29 is 9.53 Å². The average molecular weight is 448 g/mol. The molecule has 1 amide bonds. The molecule has 8 heteroatoms. The number of nitrogens with zero attached hydrogens (tertiary/aromatic N) is 2. The molecule has 1 N–H and O–H groups in total. The summed E-state index contributed by atoms with van der Waals surface area (Å²) in [7, 11) is 0. The molecule has 1 aromatic carbocycles. The minimum Gasteiger partial charge on any atom is -0.379 e. The Labute approximate surface area is 183 Å². The maximum Gasteiger partial charge on any atom is 0.226 e. The van der Waals surface area contributed by atoms with Crippen LogP contribution in [0.5, 0.6) is 0 Å². The highest BCUT2D eigenvalue weighted by Gasteiger charge is 2.24. The van der Waals surface area contributed by atoms with Crippen LogP contribution in [-0.2, 0) is 16.0 Å². The molecule has 1 fully saturated rings. The third-order valence-corrected chi connectivity index (χ3v) is 7.00. The number of carbonyl (C=O) groups is 1. The van der Waals surface area contributed by atoms with Crippen molar-refractivity contribution in [2.75, 3.05) is 32.8 Å². The summed E-state index contributed by atoms with van der Waals surface area (Å²) in [5, 5.41) is 8.73. The van der Waals surface area contributed by atoms with Crippen molar-refractivity contribution in [2.24, 2.45) is 0 Å². The number of amides is 1. The summed E-state index contributed by atoms with van der Waals surface area (Å²) in [6.07, 6.45) is 0.282. The number of hydrogen-bond donors (Lipinski definition) is 1. The number of nitrogens with one attached hydrogen (secondary N) is 1. The molecule has 2 aromatic heterocycles. The average Bonchev–Trinajstić information content (AvgIpc) is 3.42. The topological polar surface area (TPSA) is 54.5 Å². The van der Waals surface area contributed by atoms with Gasteiger partial charge in [0.1, 0.15) is 5.01 Å². The Morgan fingerprint density at radius 2 is 2.00 bits per heavy atom. The Kier molecular flexibility index (Phi) is 6.94. The van der Waals surface area contributed by atoms with Crippen LogP contribution in [0.15, 0.2) is 47.2 Å². The lowest BCUT2D eigenvalue weighted by atomic mass is 10.2. The number of carbonyl (C=O) groups excluding carboxylic acids is 1. The number of morpholine rings is 1. The lowest BCUT2D eigenvalue weighted by Crippen LogP contribution is -2.43. The monoisotopic (exact) mass is 447 g/mol. The van der Waals surface area contributed by atoms with Gasteiger partial charge >= 0.3 is 0 Å². The van der Waals surface area contributed by atoms with Gasteiger partial charge in [-0.25, -0.2) is 4.98 Å². The van der Waals surface area contributed by atoms with Gasteiger partial charge in [-0.2, -0.15) is 0 Å². The van der Waals surface area contributed by atoms with E-state index in [0.29, 0.717) is 11.6 Å². The second-order valence-corrected chi connectivity index (χ2v) is 9.09. The maximum atomic E-state index is 12.6. The summed E-state index contributed by atoms with van der Waals surface area (Å²) in [6, 6.07) is 12.0. The normalized spacial score (nSPS) is 15.9. The molecular weight excluding hydrogens is 426 g/mol. The van der Waals surface area contributed by atoms with E-state index in [1.54, 1.807) is 22.7 Å². The van der Waals surface area contributed by atoms with Crippen molar-refractivity contribution in [1.82, 2.24) is 15.2 Å². The molecule has 0 unspecified atom stereocenters. The molecule has 3 heterocycles. The highest BCUT2D eigenvalue weighted by molar-refractivity contribution is 7.13. The number of aromatic nitrogens is 1. The fourth-order valence-corrected chi connectivity index (χ4v) is 5.14. The molecule has 0 radical (unpaired) electrons. The first-order chi connectivity index (χ1) is 14.2. The first-order valence-electron chi connectivity index (χ1n) is 9.51. The first-order valence-corrected chi connectivity index (χ1v) is 11.6. The highest BCUT2D eigenvalue weighted by atomic mass is 35.5. The Balaban J connectivity index is 1.35. The van der Waals surface area contributed by atoms with Crippen LogP contribution in [0.2, 0.25) is 5.02 Å². The van der Waals surface area contributed by atoms with Crippen LogP contribution in [0.3, 0.4) is 0 Å². The zero-order valence-electron chi connectivity index (χ0n) is 15.8. The van der Waals surface area contributed by atoms with Crippen LogP contribution in [0.4, 0.5) is 0 Å². The zero-order chi connectivity index (χ0) is 20.1. The van der Waals surface area contributed by atoms with Crippen molar-refractivity contribution >= 4 is 40.2 Å². The molecule has 1 aliphatic rings. The number of rotatable bonds is 7. The smallest absolute Gasteiger partial charge is 0.226 e. The van der Waals surface area contributed by atoms with E-state index in [4.69, 9.17) is 16.3 Å². The van der Waals surface area contributed by atoms with Gasteiger partial charge in [0.25, 0.3) is 0 Å². The summed E-state index contributed by atoms with van der Waals surface area (Å²) < 4.78 is 5.48. The quantitative estimate of drug-likeness (QED) is 0.588. The van der Waals surface area contributed by atoms with Gasteiger partial charge in [-0.1, -0.05) is 29.8 Å². The Morgan fingerprint density at radius 3 is 2.72 bits per heavy atom. The summed E-state index contributed by atoms with van der Waals surface area (Å²) in [5.74, 6) is -0.00669. The van der Waals surface area contributed by atoms with Crippen molar-refractivity contribution in [3.63, 3.8) is 0 Å². The Morgan fingerprint density at radius 1 is 1.21 bits per heavy atom. The summed E-state index contributed by atoms with van der Waals surface area (Å²) in [6.45, 7) is 3.84. The van der Waals surface area contributed by atoms with Crippen molar-refractivity contribution in [2.45, 2.75) is 12.5 Å². The number of thiazole rings is 1. The van der Waals surface area contributed by atoms with E-state index < -0.39 is 0 Å². The van der Waals surface area contributed by atoms with Crippen LogP contribution >= 0.6 is 34.3 Å². The zero-order valence-corrected chi connectivity index (χ0v) is 18.2. The second-order valence-electron chi connectivity index (χ2n) is 6.81. The molecule has 5 nitrogen and oxygen atoms in total. The van der Waals surface area contributed by atoms with Crippen molar-refractivity contribution in [3.05, 3.63) is 62.8 Å². The lowest BCUT2D eigenvalue weighted by Gasteiger charge is -2.34.